The van der Waals surface area contributed by atoms with E-state index in [1.165, 1.54) is 0 Å². The van der Waals surface area contributed by atoms with Crippen molar-refractivity contribution >= 4 is 15.9 Å². The van der Waals surface area contributed by atoms with Crippen molar-refractivity contribution in [3.63, 3.8) is 0 Å². The van der Waals surface area contributed by atoms with Crippen molar-refractivity contribution in [1.82, 2.24) is 0 Å². The van der Waals surface area contributed by atoms with E-state index in [4.69, 9.17) is 0 Å². The molecule has 0 fully saturated rings. The Labute approximate surface area is 68.8 Å². The predicted octanol–water partition coefficient (Wildman–Crippen LogP) is 2.72. The first kappa shape index (κ1) is 7.61. The summed E-state index contributed by atoms with van der Waals surface area (Å²) in [5.74, 6) is 0.366. The third-order valence-corrected chi connectivity index (χ3v) is 2.09. The first-order valence-electron chi connectivity index (χ1n) is 3.22. The number of para-hydroxylation sites is 1. The van der Waals surface area contributed by atoms with E-state index in [1.54, 1.807) is 0 Å². The van der Waals surface area contributed by atoms with Crippen LogP contribution in [-0.4, -0.2) is 5.11 Å². The molecule has 1 rings (SSSR count). The lowest BCUT2D eigenvalue weighted by Crippen LogP contribution is -1.80. The van der Waals surface area contributed by atoms with Gasteiger partial charge in [0, 0.05) is 0 Å². The first-order valence-corrected chi connectivity index (χ1v) is 4.01. The summed E-state index contributed by atoms with van der Waals surface area (Å²) in [6.07, 6.45) is 0.866. The molecular weight excluding hydrogens is 192 g/mol. The molecule has 0 aromatic heterocycles. The van der Waals surface area contributed by atoms with Gasteiger partial charge < -0.3 is 5.11 Å². The van der Waals surface area contributed by atoms with Crippen LogP contribution in [0.5, 0.6) is 5.75 Å². The maximum atomic E-state index is 9.35. The van der Waals surface area contributed by atoms with E-state index in [0.29, 0.717) is 5.75 Å². The monoisotopic (exact) mass is 200 g/mol. The van der Waals surface area contributed by atoms with Gasteiger partial charge in [-0.25, -0.2) is 0 Å². The van der Waals surface area contributed by atoms with Gasteiger partial charge in [0.05, 0.1) is 4.47 Å². The number of rotatable bonds is 1. The van der Waals surface area contributed by atoms with Crippen LogP contribution in [0.1, 0.15) is 12.5 Å². The van der Waals surface area contributed by atoms with E-state index in [1.807, 2.05) is 25.1 Å². The largest absolute Gasteiger partial charge is 0.506 e. The van der Waals surface area contributed by atoms with Crippen LogP contribution >= 0.6 is 15.9 Å². The molecule has 0 saturated heterocycles. The number of halogens is 1. The lowest BCUT2D eigenvalue weighted by molar-refractivity contribution is 0.465. The molecule has 1 N–H and O–H groups in total. The molecule has 0 radical (unpaired) electrons. The van der Waals surface area contributed by atoms with Gasteiger partial charge >= 0.3 is 0 Å². The standard InChI is InChI=1S/C8H9BrO/c1-2-6-4-3-5-7(9)8(6)10/h3-5,10H,2H2,1H3. The second-order valence-corrected chi connectivity index (χ2v) is 2.96. The van der Waals surface area contributed by atoms with Gasteiger partial charge in [-0.2, -0.15) is 0 Å². The first-order chi connectivity index (χ1) is 4.75. The number of aromatic hydroxyl groups is 1. The van der Waals surface area contributed by atoms with Gasteiger partial charge in [0.1, 0.15) is 5.75 Å². The molecule has 0 unspecified atom stereocenters. The smallest absolute Gasteiger partial charge is 0.132 e. The fraction of sp³-hybridized carbons (Fsp3) is 0.250. The quantitative estimate of drug-likeness (QED) is 0.740. The molecule has 0 aliphatic heterocycles. The number of benzene rings is 1. The lowest BCUT2D eigenvalue weighted by Gasteiger charge is -2.01. The van der Waals surface area contributed by atoms with E-state index >= 15 is 0 Å². The summed E-state index contributed by atoms with van der Waals surface area (Å²) in [5.41, 5.74) is 0.981. The average molecular weight is 201 g/mol. The third kappa shape index (κ3) is 1.32. The van der Waals surface area contributed by atoms with Gasteiger partial charge in [-0.1, -0.05) is 19.1 Å². The second-order valence-electron chi connectivity index (χ2n) is 2.10. The minimum Gasteiger partial charge on any atom is -0.506 e. The molecule has 1 aromatic rings. The average Bonchev–Trinajstić information content (AvgIpc) is 1.95. The summed E-state index contributed by atoms with van der Waals surface area (Å²) < 4.78 is 0.770. The summed E-state index contributed by atoms with van der Waals surface area (Å²) in [5, 5.41) is 9.35. The normalized spacial score (nSPS) is 9.80. The van der Waals surface area contributed by atoms with Crippen molar-refractivity contribution in [3.05, 3.63) is 28.2 Å². The molecule has 0 aliphatic rings. The number of phenolic OH excluding ortho intramolecular Hbond substituents is 1. The van der Waals surface area contributed by atoms with Crippen molar-refractivity contribution in [3.8, 4) is 5.75 Å². The Morgan fingerprint density at radius 2 is 2.20 bits per heavy atom. The predicted molar refractivity (Wildman–Crippen MR) is 45.2 cm³/mol. The van der Waals surface area contributed by atoms with Crippen LogP contribution in [0.2, 0.25) is 0 Å². The molecule has 0 amide bonds. The van der Waals surface area contributed by atoms with Crippen LogP contribution < -0.4 is 0 Å². The number of aryl methyl sites for hydroxylation is 1. The Hall–Kier alpha value is -0.500. The van der Waals surface area contributed by atoms with Crippen LogP contribution in [0, 0.1) is 0 Å². The number of hydrogen-bond acceptors (Lipinski definition) is 1. The highest BCUT2D eigenvalue weighted by Gasteiger charge is 2.00. The van der Waals surface area contributed by atoms with Gasteiger partial charge in [-0.3, -0.25) is 0 Å². The fourth-order valence-electron chi connectivity index (χ4n) is 0.845. The van der Waals surface area contributed by atoms with Crippen molar-refractivity contribution in [2.75, 3.05) is 0 Å². The van der Waals surface area contributed by atoms with Crippen molar-refractivity contribution in [2.24, 2.45) is 0 Å². The maximum absolute atomic E-state index is 9.35. The van der Waals surface area contributed by atoms with Crippen molar-refractivity contribution in [1.29, 1.82) is 0 Å². The van der Waals surface area contributed by atoms with Crippen LogP contribution in [0.4, 0.5) is 0 Å². The molecule has 0 saturated carbocycles. The molecule has 10 heavy (non-hydrogen) atoms. The minimum absolute atomic E-state index is 0.366. The summed E-state index contributed by atoms with van der Waals surface area (Å²) in [6.45, 7) is 2.02. The van der Waals surface area contributed by atoms with E-state index < -0.39 is 0 Å². The molecule has 1 aromatic carbocycles. The summed E-state index contributed by atoms with van der Waals surface area (Å²) >= 11 is 3.24. The highest BCUT2D eigenvalue weighted by Crippen LogP contribution is 2.27. The van der Waals surface area contributed by atoms with Crippen molar-refractivity contribution in [2.45, 2.75) is 13.3 Å². The second kappa shape index (κ2) is 3.06. The van der Waals surface area contributed by atoms with Gasteiger partial charge in [0.15, 0.2) is 0 Å². The third-order valence-electron chi connectivity index (χ3n) is 1.45. The SMILES string of the molecule is CCc1cccc(Br)c1O. The van der Waals surface area contributed by atoms with Crippen LogP contribution in [0.15, 0.2) is 22.7 Å². The van der Waals surface area contributed by atoms with Crippen LogP contribution in [-0.2, 0) is 6.42 Å². The Balaban J connectivity index is 3.14. The summed E-state index contributed by atoms with van der Waals surface area (Å²) in [7, 11) is 0. The Morgan fingerprint density at radius 1 is 1.50 bits per heavy atom. The zero-order valence-corrected chi connectivity index (χ0v) is 7.35. The van der Waals surface area contributed by atoms with E-state index in [-0.39, 0.29) is 0 Å². The maximum Gasteiger partial charge on any atom is 0.132 e. The molecule has 0 bridgehead atoms. The lowest BCUT2D eigenvalue weighted by atomic mass is 10.1. The zero-order chi connectivity index (χ0) is 7.56. The number of hydrogen-bond donors (Lipinski definition) is 1. The molecule has 0 heterocycles. The topological polar surface area (TPSA) is 20.2 Å². The van der Waals surface area contributed by atoms with Crippen molar-refractivity contribution < 1.29 is 5.11 Å². The van der Waals surface area contributed by atoms with E-state index in [9.17, 15) is 5.11 Å². The van der Waals surface area contributed by atoms with Crippen LogP contribution in [0.25, 0.3) is 0 Å². The van der Waals surface area contributed by atoms with Gasteiger partial charge in [0.25, 0.3) is 0 Å². The minimum atomic E-state index is 0.366. The molecule has 0 aliphatic carbocycles. The Kier molecular flexibility index (Phi) is 2.33. The molecule has 54 valence electrons. The Bertz CT molecular complexity index is 233. The summed E-state index contributed by atoms with van der Waals surface area (Å²) in [4.78, 5) is 0. The van der Waals surface area contributed by atoms with Gasteiger partial charge in [-0.05, 0) is 34.0 Å². The highest BCUT2D eigenvalue weighted by atomic mass is 79.9. The zero-order valence-electron chi connectivity index (χ0n) is 5.76. The fourth-order valence-corrected chi connectivity index (χ4v) is 1.25. The number of phenols is 1. The van der Waals surface area contributed by atoms with Crippen LogP contribution in [0.3, 0.4) is 0 Å². The Morgan fingerprint density at radius 3 is 2.70 bits per heavy atom. The molecular formula is C8H9BrO. The summed E-state index contributed by atoms with van der Waals surface area (Å²) in [6, 6.07) is 5.66. The molecule has 0 spiro atoms. The molecule has 0 atom stereocenters. The molecule has 1 nitrogen and oxygen atoms in total. The van der Waals surface area contributed by atoms with Gasteiger partial charge in [-0.15, -0.1) is 0 Å². The highest BCUT2D eigenvalue weighted by molar-refractivity contribution is 9.10. The molecule has 2 heteroatoms. The van der Waals surface area contributed by atoms with E-state index in [2.05, 4.69) is 15.9 Å². The van der Waals surface area contributed by atoms with Gasteiger partial charge in [0.2, 0.25) is 0 Å². The van der Waals surface area contributed by atoms with E-state index in [0.717, 1.165) is 16.5 Å².